The summed E-state index contributed by atoms with van der Waals surface area (Å²) in [5.41, 5.74) is 3.14. The molecule has 0 aliphatic carbocycles. The molecule has 66 valence electrons. The Kier molecular flexibility index (Phi) is 2.07. The Labute approximate surface area is 80.8 Å². The van der Waals surface area contributed by atoms with Crippen LogP contribution in [-0.2, 0) is 4.79 Å². The van der Waals surface area contributed by atoms with E-state index >= 15 is 0 Å². The summed E-state index contributed by atoms with van der Waals surface area (Å²) in [6.45, 7) is 0. The van der Waals surface area contributed by atoms with Gasteiger partial charge in [0.15, 0.2) is 0 Å². The fourth-order valence-electron chi connectivity index (χ4n) is 1.33. The fraction of sp³-hybridized carbons (Fsp3) is 0.100. The van der Waals surface area contributed by atoms with Gasteiger partial charge in [-0.1, -0.05) is 29.8 Å². The summed E-state index contributed by atoms with van der Waals surface area (Å²) < 4.78 is 5.03. The number of carbonyl (C=O) groups excluding carboxylic acids is 1. The molecule has 1 aliphatic rings. The molecule has 2 rings (SSSR count). The third-order valence-electron chi connectivity index (χ3n) is 1.92. The third kappa shape index (κ3) is 1.45. The second-order valence-electron chi connectivity index (χ2n) is 2.78. The average molecular weight is 195 g/mol. The number of benzene rings is 1. The number of fused-ring (bicyclic) bond motifs is 1. The third-order valence-corrected chi connectivity index (χ3v) is 2.19. The number of halogens is 1. The second-order valence-corrected chi connectivity index (χ2v) is 3.00. The fourth-order valence-corrected chi connectivity index (χ4v) is 1.52. The number of para-hydroxylation sites is 1. The SMILES string of the molecule is O=C1CC(=CCl)c2ccccc2O1. The summed E-state index contributed by atoms with van der Waals surface area (Å²) in [5, 5.41) is 0. The molecule has 13 heavy (non-hydrogen) atoms. The Morgan fingerprint density at radius 3 is 2.92 bits per heavy atom. The second kappa shape index (κ2) is 3.23. The quantitative estimate of drug-likeness (QED) is 0.469. The number of hydrogen-bond acceptors (Lipinski definition) is 2. The van der Waals surface area contributed by atoms with Gasteiger partial charge in [-0.3, -0.25) is 4.79 Å². The molecular formula is C10H7ClO2. The van der Waals surface area contributed by atoms with Crippen LogP contribution in [0, 0.1) is 0 Å². The largest absolute Gasteiger partial charge is 0.426 e. The first kappa shape index (κ1) is 8.32. The van der Waals surface area contributed by atoms with E-state index in [1.807, 2.05) is 18.2 Å². The first-order valence-corrected chi connectivity index (χ1v) is 4.34. The van der Waals surface area contributed by atoms with Crippen molar-refractivity contribution in [3.63, 3.8) is 0 Å². The van der Waals surface area contributed by atoms with Gasteiger partial charge in [0.2, 0.25) is 0 Å². The molecular weight excluding hydrogens is 188 g/mol. The van der Waals surface area contributed by atoms with Gasteiger partial charge < -0.3 is 4.74 Å². The van der Waals surface area contributed by atoms with Crippen LogP contribution in [0.2, 0.25) is 0 Å². The molecule has 0 spiro atoms. The van der Waals surface area contributed by atoms with E-state index in [1.165, 1.54) is 5.54 Å². The lowest BCUT2D eigenvalue weighted by Gasteiger charge is -2.17. The van der Waals surface area contributed by atoms with Crippen LogP contribution in [0.1, 0.15) is 12.0 Å². The Morgan fingerprint density at radius 1 is 1.38 bits per heavy atom. The first-order chi connectivity index (χ1) is 6.31. The number of ether oxygens (including phenoxy) is 1. The molecule has 2 nitrogen and oxygen atoms in total. The number of carbonyl (C=O) groups is 1. The summed E-state index contributed by atoms with van der Waals surface area (Å²) in [6.07, 6.45) is 0.251. The normalized spacial score (nSPS) is 18.2. The molecule has 1 aromatic carbocycles. The van der Waals surface area contributed by atoms with E-state index in [4.69, 9.17) is 16.3 Å². The molecule has 1 aromatic rings. The lowest BCUT2D eigenvalue weighted by molar-refractivity contribution is -0.133. The summed E-state index contributed by atoms with van der Waals surface area (Å²) in [6, 6.07) is 7.35. The Hall–Kier alpha value is -1.28. The molecule has 0 aromatic heterocycles. The Morgan fingerprint density at radius 2 is 2.15 bits per heavy atom. The zero-order valence-corrected chi connectivity index (χ0v) is 7.54. The molecule has 0 radical (unpaired) electrons. The summed E-state index contributed by atoms with van der Waals surface area (Å²) in [7, 11) is 0. The molecule has 0 bridgehead atoms. The van der Waals surface area contributed by atoms with Crippen molar-refractivity contribution >= 4 is 23.1 Å². The molecule has 0 unspecified atom stereocenters. The molecule has 1 heterocycles. The lowest BCUT2D eigenvalue weighted by atomic mass is 10.0. The molecule has 1 aliphatic heterocycles. The van der Waals surface area contributed by atoms with Crippen molar-refractivity contribution in [1.29, 1.82) is 0 Å². The molecule has 0 atom stereocenters. The Balaban J connectivity index is 2.55. The predicted molar refractivity (Wildman–Crippen MR) is 50.5 cm³/mol. The van der Waals surface area contributed by atoms with Crippen molar-refractivity contribution < 1.29 is 9.53 Å². The molecule has 0 N–H and O–H groups in total. The van der Waals surface area contributed by atoms with Gasteiger partial charge in [-0.25, -0.2) is 0 Å². The summed E-state index contributed by atoms with van der Waals surface area (Å²) in [4.78, 5) is 11.1. The minimum atomic E-state index is -0.259. The van der Waals surface area contributed by atoms with Gasteiger partial charge in [-0.15, -0.1) is 0 Å². The average Bonchev–Trinajstić information content (AvgIpc) is 2.16. The highest BCUT2D eigenvalue weighted by atomic mass is 35.5. The maximum Gasteiger partial charge on any atom is 0.315 e. The highest BCUT2D eigenvalue weighted by molar-refractivity contribution is 6.28. The van der Waals surface area contributed by atoms with Gasteiger partial charge >= 0.3 is 5.97 Å². The number of rotatable bonds is 0. The van der Waals surface area contributed by atoms with Crippen LogP contribution in [-0.4, -0.2) is 5.97 Å². The van der Waals surface area contributed by atoms with Crippen molar-refractivity contribution in [2.24, 2.45) is 0 Å². The topological polar surface area (TPSA) is 26.3 Å². The van der Waals surface area contributed by atoms with E-state index in [9.17, 15) is 4.79 Å². The zero-order valence-electron chi connectivity index (χ0n) is 6.79. The van der Waals surface area contributed by atoms with E-state index in [-0.39, 0.29) is 12.4 Å². The van der Waals surface area contributed by atoms with Gasteiger partial charge in [0.25, 0.3) is 0 Å². The minimum Gasteiger partial charge on any atom is -0.426 e. The van der Waals surface area contributed by atoms with Crippen molar-refractivity contribution in [3.05, 3.63) is 35.4 Å². The van der Waals surface area contributed by atoms with E-state index in [0.29, 0.717) is 5.75 Å². The van der Waals surface area contributed by atoms with Crippen LogP contribution in [0.4, 0.5) is 0 Å². The van der Waals surface area contributed by atoms with Gasteiger partial charge in [0.1, 0.15) is 5.75 Å². The highest BCUT2D eigenvalue weighted by Crippen LogP contribution is 2.33. The number of esters is 1. The highest BCUT2D eigenvalue weighted by Gasteiger charge is 2.20. The molecule has 0 amide bonds. The van der Waals surface area contributed by atoms with Crippen molar-refractivity contribution in [2.75, 3.05) is 0 Å². The molecule has 0 fully saturated rings. The van der Waals surface area contributed by atoms with Gasteiger partial charge in [-0.05, 0) is 11.6 Å². The van der Waals surface area contributed by atoms with Crippen molar-refractivity contribution in [3.8, 4) is 5.75 Å². The van der Waals surface area contributed by atoms with Crippen LogP contribution in [0.25, 0.3) is 5.57 Å². The molecule has 0 saturated heterocycles. The maximum atomic E-state index is 11.1. The monoisotopic (exact) mass is 194 g/mol. The summed E-state index contributed by atoms with van der Waals surface area (Å²) >= 11 is 5.60. The van der Waals surface area contributed by atoms with E-state index in [0.717, 1.165) is 11.1 Å². The van der Waals surface area contributed by atoms with E-state index in [2.05, 4.69) is 0 Å². The van der Waals surface area contributed by atoms with E-state index < -0.39 is 0 Å². The van der Waals surface area contributed by atoms with Crippen LogP contribution in [0.5, 0.6) is 5.75 Å². The predicted octanol–water partition coefficient (Wildman–Crippen LogP) is 2.58. The minimum absolute atomic E-state index is 0.251. The van der Waals surface area contributed by atoms with Crippen LogP contribution >= 0.6 is 11.6 Å². The van der Waals surface area contributed by atoms with Crippen LogP contribution < -0.4 is 4.74 Å². The summed E-state index contributed by atoms with van der Waals surface area (Å²) in [5.74, 6) is 0.330. The smallest absolute Gasteiger partial charge is 0.315 e. The molecule has 0 saturated carbocycles. The lowest BCUT2D eigenvalue weighted by Crippen LogP contribution is -2.14. The standard InChI is InChI=1S/C10H7ClO2/c11-6-7-5-10(12)13-9-4-2-1-3-8(7)9/h1-4,6H,5H2. The van der Waals surface area contributed by atoms with Gasteiger partial charge in [0, 0.05) is 11.1 Å². The zero-order chi connectivity index (χ0) is 9.26. The van der Waals surface area contributed by atoms with Crippen LogP contribution in [0.15, 0.2) is 29.8 Å². The molecule has 3 heteroatoms. The number of hydrogen-bond donors (Lipinski definition) is 0. The maximum absolute atomic E-state index is 11.1. The van der Waals surface area contributed by atoms with Gasteiger partial charge in [-0.2, -0.15) is 0 Å². The van der Waals surface area contributed by atoms with Gasteiger partial charge in [0.05, 0.1) is 6.42 Å². The van der Waals surface area contributed by atoms with Crippen molar-refractivity contribution in [2.45, 2.75) is 6.42 Å². The first-order valence-electron chi connectivity index (χ1n) is 3.90. The van der Waals surface area contributed by atoms with Crippen LogP contribution in [0.3, 0.4) is 0 Å². The Bertz CT molecular complexity index is 382. The van der Waals surface area contributed by atoms with Crippen molar-refractivity contribution in [1.82, 2.24) is 0 Å². The van der Waals surface area contributed by atoms with E-state index in [1.54, 1.807) is 6.07 Å².